The normalized spacial score (nSPS) is 14.1. The van der Waals surface area contributed by atoms with Crippen LogP contribution in [0.3, 0.4) is 0 Å². The quantitative estimate of drug-likeness (QED) is 0.404. The molecule has 2 aliphatic carbocycles. The second-order valence-electron chi connectivity index (χ2n) is 4.68. The number of phenolic OH excluding ortho intramolecular Hbond substituents is 2. The number of aliphatic hydroxyl groups is 2. The maximum absolute atomic E-state index is 12.2. The van der Waals surface area contributed by atoms with Gasteiger partial charge in [-0.1, -0.05) is 0 Å². The van der Waals surface area contributed by atoms with Crippen LogP contribution in [0.1, 0.15) is 13.8 Å². The molecule has 0 unspecified atom stereocenters. The minimum Gasteiger partial charge on any atom is -0.512 e. The minimum absolute atomic E-state index is 0.710. The van der Waals surface area contributed by atoms with Crippen LogP contribution < -0.4 is 32.2 Å². The summed E-state index contributed by atoms with van der Waals surface area (Å²) in [7, 11) is 0. The largest absolute Gasteiger partial charge is 0.512 e. The third-order valence-electron chi connectivity index (χ3n) is 3.24. The lowest BCUT2D eigenvalue weighted by molar-refractivity contribution is 0.451. The van der Waals surface area contributed by atoms with Crippen molar-refractivity contribution in [1.82, 2.24) is 0 Å². The highest BCUT2D eigenvalue weighted by molar-refractivity contribution is 5.78. The molecule has 0 heterocycles. The zero-order chi connectivity index (χ0) is 16.9. The molecule has 0 amide bonds. The average Bonchev–Trinajstić information content (AvgIpc) is 2.39. The number of hydrogen-bond donors (Lipinski definition) is 4. The van der Waals surface area contributed by atoms with E-state index in [9.17, 15) is 39.6 Å². The molecular formula is C14H10O8. The molecule has 0 aromatic rings. The van der Waals surface area contributed by atoms with Crippen molar-refractivity contribution >= 4 is 11.5 Å². The van der Waals surface area contributed by atoms with Crippen molar-refractivity contribution in [2.24, 2.45) is 0 Å². The third kappa shape index (κ3) is 1.77. The van der Waals surface area contributed by atoms with Crippen LogP contribution in [0.5, 0.6) is 11.5 Å². The van der Waals surface area contributed by atoms with Crippen molar-refractivity contribution in [2.45, 2.75) is 13.8 Å². The molecule has 0 bridgehead atoms. The molecule has 0 fully saturated rings. The van der Waals surface area contributed by atoms with Crippen LogP contribution in [0.2, 0.25) is 0 Å². The average molecular weight is 306 g/mol. The number of rotatable bonds is 0. The first-order valence-electron chi connectivity index (χ1n) is 5.96. The standard InChI is InChI=1S/C14H10O8/c1-3(15)5-9(17)7-8(13(21)11(5)19)14(22)12(20)6(4(2)16)10(7)18/h15-17,22H,1-2H3/b5-3-,6-4+. The van der Waals surface area contributed by atoms with Crippen LogP contribution >= 0.6 is 0 Å². The molecule has 8 nitrogen and oxygen atoms in total. The van der Waals surface area contributed by atoms with E-state index in [1.165, 1.54) is 0 Å². The predicted molar refractivity (Wildman–Crippen MR) is 76.5 cm³/mol. The molecule has 0 aromatic heterocycles. The Hall–Kier alpha value is -3.16. The van der Waals surface area contributed by atoms with E-state index < -0.39 is 66.3 Å². The Morgan fingerprint density at radius 1 is 0.636 bits per heavy atom. The summed E-state index contributed by atoms with van der Waals surface area (Å²) in [4.78, 5) is 47.8. The molecule has 0 saturated carbocycles. The maximum Gasteiger partial charge on any atom is 0.240 e. The van der Waals surface area contributed by atoms with Crippen LogP contribution in [0.25, 0.3) is 22.6 Å². The summed E-state index contributed by atoms with van der Waals surface area (Å²) in [6.07, 6.45) is 0. The summed E-state index contributed by atoms with van der Waals surface area (Å²) < 4.78 is 0. The predicted octanol–water partition coefficient (Wildman–Crippen LogP) is -2.11. The van der Waals surface area contributed by atoms with Gasteiger partial charge >= 0.3 is 0 Å². The van der Waals surface area contributed by atoms with Crippen molar-refractivity contribution < 1.29 is 20.4 Å². The Labute approximate surface area is 120 Å². The van der Waals surface area contributed by atoms with Crippen molar-refractivity contribution in [1.29, 1.82) is 0 Å². The molecule has 0 radical (unpaired) electrons. The first-order chi connectivity index (χ1) is 10.1. The Morgan fingerprint density at radius 2 is 1.09 bits per heavy atom. The molecular weight excluding hydrogens is 296 g/mol. The Kier molecular flexibility index (Phi) is 3.25. The summed E-state index contributed by atoms with van der Waals surface area (Å²) in [5, 5.41) is 36.9. The van der Waals surface area contributed by atoms with Crippen molar-refractivity contribution in [3.05, 3.63) is 51.3 Å². The highest BCUT2D eigenvalue weighted by Crippen LogP contribution is 2.24. The lowest BCUT2D eigenvalue weighted by Gasteiger charge is -2.08. The van der Waals surface area contributed by atoms with E-state index in [2.05, 4.69) is 0 Å². The number of aliphatic hydroxyl groups excluding tert-OH is 2. The molecule has 0 spiro atoms. The maximum atomic E-state index is 12.2. The second-order valence-corrected chi connectivity index (χ2v) is 4.68. The number of benzene rings is 2. The number of phenols is 2. The second kappa shape index (κ2) is 4.69. The van der Waals surface area contributed by atoms with Crippen LogP contribution in [0, 0.1) is 0 Å². The van der Waals surface area contributed by atoms with Crippen LogP contribution in [0.4, 0.5) is 0 Å². The van der Waals surface area contributed by atoms with Crippen molar-refractivity contribution in [3.8, 4) is 22.6 Å². The van der Waals surface area contributed by atoms with Gasteiger partial charge in [0.15, 0.2) is 5.75 Å². The topological polar surface area (TPSA) is 149 Å². The van der Waals surface area contributed by atoms with Crippen molar-refractivity contribution in [2.75, 3.05) is 0 Å². The molecule has 114 valence electrons. The summed E-state index contributed by atoms with van der Waals surface area (Å²) in [6, 6.07) is 0. The molecule has 8 heteroatoms. The van der Waals surface area contributed by atoms with Crippen molar-refractivity contribution in [3.63, 3.8) is 0 Å². The van der Waals surface area contributed by atoms with Crippen LogP contribution in [-0.2, 0) is 0 Å². The Balaban J connectivity index is 3.56. The third-order valence-corrected chi connectivity index (χ3v) is 3.24. The molecule has 0 aromatic carbocycles. The zero-order valence-corrected chi connectivity index (χ0v) is 11.4. The molecule has 0 saturated heterocycles. The summed E-state index contributed by atoms with van der Waals surface area (Å²) in [6.45, 7) is 2.02. The molecule has 2 aliphatic rings. The molecule has 0 aliphatic heterocycles. The minimum atomic E-state index is -1.41. The van der Waals surface area contributed by atoms with E-state index in [1.807, 2.05) is 0 Å². The van der Waals surface area contributed by atoms with Gasteiger partial charge < -0.3 is 20.4 Å². The summed E-state index contributed by atoms with van der Waals surface area (Å²) in [5.41, 5.74) is -7.08. The van der Waals surface area contributed by atoms with Crippen LogP contribution in [-0.4, -0.2) is 20.4 Å². The van der Waals surface area contributed by atoms with E-state index in [4.69, 9.17) is 0 Å². The first-order valence-corrected chi connectivity index (χ1v) is 5.96. The lowest BCUT2D eigenvalue weighted by Crippen LogP contribution is -2.48. The lowest BCUT2D eigenvalue weighted by atomic mass is 9.96. The van der Waals surface area contributed by atoms with Gasteiger partial charge in [0.05, 0.1) is 11.1 Å². The SMILES string of the molecule is C/C(O)=c1\c(O)c2c(=O)/c(=C(/C)O)c(=O)c(O)c-2c(=O)c1=O. The Bertz CT molecular complexity index is 1090. The van der Waals surface area contributed by atoms with E-state index in [1.54, 1.807) is 0 Å². The molecule has 22 heavy (non-hydrogen) atoms. The number of hydrogen-bond acceptors (Lipinski definition) is 8. The van der Waals surface area contributed by atoms with E-state index >= 15 is 0 Å². The van der Waals surface area contributed by atoms with Crippen LogP contribution in [0.15, 0.2) is 19.2 Å². The Morgan fingerprint density at radius 3 is 1.55 bits per heavy atom. The highest BCUT2D eigenvalue weighted by Gasteiger charge is 2.28. The number of fused-ring (bicyclic) bond motifs is 1. The first kappa shape index (κ1) is 15.2. The zero-order valence-electron chi connectivity index (χ0n) is 11.4. The fourth-order valence-electron chi connectivity index (χ4n) is 2.26. The van der Waals surface area contributed by atoms with Gasteiger partial charge in [-0.3, -0.25) is 19.2 Å². The van der Waals surface area contributed by atoms with E-state index in [0.29, 0.717) is 0 Å². The van der Waals surface area contributed by atoms with Gasteiger partial charge in [-0.2, -0.15) is 0 Å². The van der Waals surface area contributed by atoms with E-state index in [0.717, 1.165) is 13.8 Å². The van der Waals surface area contributed by atoms with Gasteiger partial charge in [0, 0.05) is 0 Å². The summed E-state index contributed by atoms with van der Waals surface area (Å²) >= 11 is 0. The van der Waals surface area contributed by atoms with Gasteiger partial charge in [-0.05, 0) is 13.8 Å². The molecule has 0 atom stereocenters. The van der Waals surface area contributed by atoms with Gasteiger partial charge in [0.1, 0.15) is 27.7 Å². The fraction of sp³-hybridized carbons (Fsp3) is 0.143. The van der Waals surface area contributed by atoms with Gasteiger partial charge in [-0.25, -0.2) is 0 Å². The molecule has 2 rings (SSSR count). The highest BCUT2D eigenvalue weighted by atomic mass is 16.3. The monoisotopic (exact) mass is 306 g/mol. The number of aromatic hydroxyl groups is 2. The van der Waals surface area contributed by atoms with Gasteiger partial charge in [0.25, 0.3) is 0 Å². The fourth-order valence-corrected chi connectivity index (χ4v) is 2.26. The smallest absolute Gasteiger partial charge is 0.240 e. The van der Waals surface area contributed by atoms with E-state index in [-0.39, 0.29) is 0 Å². The summed E-state index contributed by atoms with van der Waals surface area (Å²) in [5.74, 6) is -3.70. The van der Waals surface area contributed by atoms with Gasteiger partial charge in [-0.15, -0.1) is 0 Å². The molecule has 4 N–H and O–H groups in total. The van der Waals surface area contributed by atoms with Gasteiger partial charge in [0.2, 0.25) is 21.7 Å².